The molecule has 0 atom stereocenters. The average molecular weight is 699 g/mol. The Kier molecular flexibility index (Phi) is 11.3. The topological polar surface area (TPSA) is 0 Å². The number of benzene rings is 3. The van der Waals surface area contributed by atoms with Gasteiger partial charge in [-0.3, -0.25) is 6.08 Å². The van der Waals surface area contributed by atoms with E-state index in [2.05, 4.69) is 159 Å². The fourth-order valence-electron chi connectivity index (χ4n) is 6.03. The predicted molar refractivity (Wildman–Crippen MR) is 182 cm³/mol. The molecule has 228 valence electrons. The zero-order valence-electron chi connectivity index (χ0n) is 27.6. The van der Waals surface area contributed by atoms with Crippen LogP contribution < -0.4 is 24.8 Å². The van der Waals surface area contributed by atoms with E-state index in [1.165, 1.54) is 87.9 Å². The maximum Gasteiger partial charge on any atom is -1.00 e. The van der Waals surface area contributed by atoms with E-state index in [0.29, 0.717) is 5.41 Å². The fourth-order valence-corrected chi connectivity index (χ4v) is 6.44. The van der Waals surface area contributed by atoms with Crippen LogP contribution in [0.1, 0.15) is 95.2 Å². The monoisotopic (exact) mass is 696 g/mol. The van der Waals surface area contributed by atoms with Crippen LogP contribution in [0.5, 0.6) is 0 Å². The summed E-state index contributed by atoms with van der Waals surface area (Å²) in [5.74, 6) is 0. The molecule has 44 heavy (non-hydrogen) atoms. The van der Waals surface area contributed by atoms with Crippen molar-refractivity contribution in [3.05, 3.63) is 124 Å². The third kappa shape index (κ3) is 7.61. The van der Waals surface area contributed by atoms with Gasteiger partial charge in [-0.25, -0.2) is 6.08 Å². The smallest absolute Gasteiger partial charge is 1.00 e. The Morgan fingerprint density at radius 1 is 0.795 bits per heavy atom. The summed E-state index contributed by atoms with van der Waals surface area (Å²) < 4.78 is 1.46. The molecule has 4 aromatic rings. The molecule has 0 aliphatic heterocycles. The molecule has 0 N–H and O–H groups in total. The van der Waals surface area contributed by atoms with Gasteiger partial charge in [-0.05, 0) is 11.1 Å². The van der Waals surface area contributed by atoms with Crippen LogP contribution in [0.2, 0.25) is 0 Å². The maximum absolute atomic E-state index is 3.16. The number of fused-ring (bicyclic) bond motifs is 5. The van der Waals surface area contributed by atoms with Crippen molar-refractivity contribution in [3.8, 4) is 0 Å². The first-order valence-electron chi connectivity index (χ1n) is 15.2. The molecule has 0 aromatic heterocycles. The normalized spacial score (nSPS) is 16.2. The van der Waals surface area contributed by atoms with Gasteiger partial charge in [-0.1, -0.05) is 101 Å². The van der Waals surface area contributed by atoms with E-state index in [0.717, 1.165) is 6.42 Å². The SMILES string of the molecule is CC(C)(C)C1=CC[C-]=C1.CC1(C)C=Cc2cc3c(cc21)[cH-]c1cc2c(cc13)C=CC2(C)C.C[C](=[Zr+2])c1ccc(C)cc1.[Cl-].[Cl-]. The molecule has 0 spiro atoms. The Balaban J connectivity index is 0.000000211. The average Bonchev–Trinajstić information content (AvgIpc) is 3.69. The quantitative estimate of drug-likeness (QED) is 0.242. The molecule has 3 aliphatic carbocycles. The molecule has 0 amide bonds. The van der Waals surface area contributed by atoms with E-state index in [9.17, 15) is 0 Å². The van der Waals surface area contributed by atoms with Gasteiger partial charge >= 0.3 is 76.7 Å². The van der Waals surface area contributed by atoms with Gasteiger partial charge in [-0.15, -0.1) is 46.2 Å². The Hall–Kier alpha value is -2.18. The minimum absolute atomic E-state index is 0. The first-order chi connectivity index (χ1) is 19.7. The summed E-state index contributed by atoms with van der Waals surface area (Å²) in [4.78, 5) is 0. The number of halogens is 2. The number of allylic oxidation sites excluding steroid dienone is 6. The van der Waals surface area contributed by atoms with Crippen LogP contribution in [-0.2, 0) is 35.1 Å². The second-order valence-corrected chi connectivity index (χ2v) is 16.1. The first-order valence-corrected chi connectivity index (χ1v) is 16.4. The van der Waals surface area contributed by atoms with Crippen molar-refractivity contribution in [1.82, 2.24) is 0 Å². The number of rotatable bonds is 1. The summed E-state index contributed by atoms with van der Waals surface area (Å²) in [6, 6.07) is 20.6. The van der Waals surface area contributed by atoms with Gasteiger partial charge in [-0.2, -0.15) is 11.6 Å². The summed E-state index contributed by atoms with van der Waals surface area (Å²) in [6.07, 6.45) is 17.7. The third-order valence-electron chi connectivity index (χ3n) is 8.84. The Labute approximate surface area is 292 Å². The summed E-state index contributed by atoms with van der Waals surface area (Å²) >= 11 is 1.51. The van der Waals surface area contributed by atoms with Crippen molar-refractivity contribution >= 4 is 36.9 Å². The van der Waals surface area contributed by atoms with Crippen LogP contribution in [0, 0.1) is 18.4 Å². The molecular weight excluding hydrogens is 655 g/mol. The second kappa shape index (κ2) is 13.7. The Morgan fingerprint density at radius 3 is 1.64 bits per heavy atom. The second-order valence-electron chi connectivity index (χ2n) is 14.3. The van der Waals surface area contributed by atoms with Crippen LogP contribution in [0.3, 0.4) is 0 Å². The molecule has 0 heterocycles. The van der Waals surface area contributed by atoms with Gasteiger partial charge in [0.15, 0.2) is 0 Å². The van der Waals surface area contributed by atoms with Crippen LogP contribution in [-0.4, -0.2) is 3.21 Å². The molecule has 3 heteroatoms. The summed E-state index contributed by atoms with van der Waals surface area (Å²) in [5.41, 5.74) is 10.4. The molecule has 0 fully saturated rings. The summed E-state index contributed by atoms with van der Waals surface area (Å²) in [5, 5.41) is 5.53. The van der Waals surface area contributed by atoms with Crippen LogP contribution in [0.4, 0.5) is 0 Å². The van der Waals surface area contributed by atoms with Crippen molar-refractivity contribution < 1.29 is 49.0 Å². The zero-order chi connectivity index (χ0) is 30.4. The Morgan fingerprint density at radius 2 is 1.27 bits per heavy atom. The standard InChI is InChI=1S/C23H21.C9H13.C9H10.2ClH.Zr/c1-22(2)7-5-14-10-18-16(12-20(14)22)9-17-13-21-15(11-19(17)18)6-8-23(21,3)4;1-9(2,3)8-6-4-5-7-8;1-3-9-6-4-8(2)5-7-9;;;/h5-13H,1-4H3;6-7H,4H2,1-3H3;4-7H,1-2H3;2*1H;/q2*-1;;;;+2/p-2. The molecule has 3 aliphatic rings. The summed E-state index contributed by atoms with van der Waals surface area (Å²) in [7, 11) is 0. The van der Waals surface area contributed by atoms with E-state index in [4.69, 9.17) is 0 Å². The minimum Gasteiger partial charge on any atom is -1.00 e. The van der Waals surface area contributed by atoms with Crippen LogP contribution in [0.25, 0.3) is 33.7 Å². The molecule has 0 saturated heterocycles. The number of aryl methyl sites for hydroxylation is 1. The van der Waals surface area contributed by atoms with Crippen molar-refractivity contribution in [1.29, 1.82) is 0 Å². The van der Waals surface area contributed by atoms with Gasteiger partial charge in [0, 0.05) is 10.8 Å². The van der Waals surface area contributed by atoms with E-state index in [-0.39, 0.29) is 35.6 Å². The Bertz CT molecular complexity index is 1710. The molecule has 0 radical (unpaired) electrons. The largest absolute Gasteiger partial charge is 1.00 e. The summed E-state index contributed by atoms with van der Waals surface area (Å²) in [6.45, 7) is 20.1. The zero-order valence-corrected chi connectivity index (χ0v) is 31.6. The van der Waals surface area contributed by atoms with Crippen molar-refractivity contribution in [2.75, 3.05) is 0 Å². The third-order valence-corrected chi connectivity index (χ3v) is 9.55. The van der Waals surface area contributed by atoms with E-state index < -0.39 is 0 Å². The predicted octanol–water partition coefficient (Wildman–Crippen LogP) is 5.13. The molecule has 7 rings (SSSR count). The molecule has 0 saturated carbocycles. The molecule has 0 nitrogen and oxygen atoms in total. The molecule has 4 aromatic carbocycles. The van der Waals surface area contributed by atoms with E-state index in [1.807, 2.05) is 0 Å². The maximum atomic E-state index is 3.16. The van der Waals surface area contributed by atoms with Crippen LogP contribution in [0.15, 0.2) is 84.5 Å². The van der Waals surface area contributed by atoms with Crippen molar-refractivity contribution in [2.24, 2.45) is 5.41 Å². The van der Waals surface area contributed by atoms with Gasteiger partial charge in [0.1, 0.15) is 0 Å². The van der Waals surface area contributed by atoms with Crippen LogP contribution >= 0.6 is 0 Å². The number of hydrogen-bond acceptors (Lipinski definition) is 0. The van der Waals surface area contributed by atoms with Crippen molar-refractivity contribution in [3.63, 3.8) is 0 Å². The van der Waals surface area contributed by atoms with E-state index in [1.54, 1.807) is 0 Å². The van der Waals surface area contributed by atoms with Gasteiger partial charge < -0.3 is 24.8 Å². The molecular formula is C41H44Cl2Zr-2. The van der Waals surface area contributed by atoms with Gasteiger partial charge in [0.25, 0.3) is 0 Å². The molecule has 0 bridgehead atoms. The van der Waals surface area contributed by atoms with Crippen molar-refractivity contribution in [2.45, 2.75) is 79.6 Å². The van der Waals surface area contributed by atoms with Gasteiger partial charge in [0.05, 0.1) is 0 Å². The van der Waals surface area contributed by atoms with E-state index >= 15 is 0 Å². The first kappa shape index (κ1) is 36.3. The van der Waals surface area contributed by atoms with Gasteiger partial charge in [0.2, 0.25) is 0 Å². The fraction of sp³-hybridized carbons (Fsp3) is 0.317. The minimum atomic E-state index is 0. The number of hydrogen-bond donors (Lipinski definition) is 0. The molecule has 0 unspecified atom stereocenters.